The minimum Gasteiger partial charge on any atom is -0.490 e. The van der Waals surface area contributed by atoms with Crippen LogP contribution in [0.5, 0.6) is 11.5 Å². The number of rotatable bonds is 9. The highest BCUT2D eigenvalue weighted by Gasteiger charge is 2.07. The number of hydrogen-bond acceptors (Lipinski definition) is 6. The molecule has 4 aromatic rings. The summed E-state index contributed by atoms with van der Waals surface area (Å²) < 4.78 is 11.7. The maximum Gasteiger partial charge on any atom is 0.203 e. The summed E-state index contributed by atoms with van der Waals surface area (Å²) in [4.78, 5) is 4.57. The molecule has 0 saturated carbocycles. The van der Waals surface area contributed by atoms with E-state index >= 15 is 0 Å². The van der Waals surface area contributed by atoms with Crippen LogP contribution in [0.1, 0.15) is 18.1 Å². The van der Waals surface area contributed by atoms with Gasteiger partial charge in [0.1, 0.15) is 6.61 Å². The van der Waals surface area contributed by atoms with Gasteiger partial charge in [-0.15, -0.1) is 11.3 Å². The molecule has 0 amide bonds. The third-order valence-corrected chi connectivity index (χ3v) is 5.48. The Morgan fingerprint density at radius 1 is 1.00 bits per heavy atom. The molecule has 0 aliphatic carbocycles. The van der Waals surface area contributed by atoms with E-state index in [2.05, 4.69) is 15.5 Å². The molecule has 32 heavy (non-hydrogen) atoms. The van der Waals surface area contributed by atoms with Crippen molar-refractivity contribution >= 4 is 34.3 Å². The summed E-state index contributed by atoms with van der Waals surface area (Å²) in [6.07, 6.45) is 1.73. The highest BCUT2D eigenvalue weighted by Crippen LogP contribution is 2.29. The molecular formula is C25H22ClN3O2S. The average Bonchev–Trinajstić information content (AvgIpc) is 3.28. The Labute approximate surface area is 196 Å². The van der Waals surface area contributed by atoms with E-state index in [9.17, 15) is 0 Å². The Morgan fingerprint density at radius 2 is 1.88 bits per heavy atom. The fraction of sp³-hybridized carbons (Fsp3) is 0.120. The molecule has 0 unspecified atom stereocenters. The summed E-state index contributed by atoms with van der Waals surface area (Å²) in [5.74, 6) is 1.34. The number of nitrogens with zero attached hydrogens (tertiary/aromatic N) is 2. The summed E-state index contributed by atoms with van der Waals surface area (Å²) in [5, 5.41) is 7.74. The molecule has 3 aromatic carbocycles. The van der Waals surface area contributed by atoms with Gasteiger partial charge in [0.25, 0.3) is 0 Å². The largest absolute Gasteiger partial charge is 0.490 e. The molecular weight excluding hydrogens is 442 g/mol. The number of nitrogens with one attached hydrogen (secondary N) is 1. The van der Waals surface area contributed by atoms with Crippen LogP contribution in [0, 0.1) is 0 Å². The zero-order valence-electron chi connectivity index (χ0n) is 17.5. The molecule has 0 fully saturated rings. The fourth-order valence-electron chi connectivity index (χ4n) is 3.01. The van der Waals surface area contributed by atoms with E-state index in [4.69, 9.17) is 21.1 Å². The molecule has 7 heteroatoms. The second-order valence-corrected chi connectivity index (χ2v) is 8.13. The lowest BCUT2D eigenvalue weighted by Crippen LogP contribution is -2.00. The highest BCUT2D eigenvalue weighted by atomic mass is 35.5. The highest BCUT2D eigenvalue weighted by molar-refractivity contribution is 7.14. The minimum atomic E-state index is 0.406. The van der Waals surface area contributed by atoms with Crippen LogP contribution in [0.2, 0.25) is 5.02 Å². The average molecular weight is 464 g/mol. The van der Waals surface area contributed by atoms with Gasteiger partial charge in [0, 0.05) is 16.0 Å². The van der Waals surface area contributed by atoms with Gasteiger partial charge in [-0.05, 0) is 48.4 Å². The minimum absolute atomic E-state index is 0.406. The molecule has 0 saturated heterocycles. The molecule has 1 heterocycles. The van der Waals surface area contributed by atoms with Crippen LogP contribution in [-0.4, -0.2) is 17.8 Å². The third kappa shape index (κ3) is 5.87. The first-order chi connectivity index (χ1) is 15.7. The number of anilines is 1. The molecule has 4 rings (SSSR count). The molecule has 0 aliphatic rings. The van der Waals surface area contributed by atoms with E-state index in [1.807, 2.05) is 85.1 Å². The molecule has 0 aliphatic heterocycles. The van der Waals surface area contributed by atoms with Crippen molar-refractivity contribution in [2.24, 2.45) is 5.10 Å². The van der Waals surface area contributed by atoms with Crippen molar-refractivity contribution in [3.05, 3.63) is 94.3 Å². The maximum atomic E-state index is 6.05. The standard InChI is InChI=1S/C25H22ClN3O2S/c1-2-30-24-14-18(11-12-23(24)31-16-19-7-6-10-21(26)13-19)15-27-29-25-28-22(17-32-25)20-8-4-3-5-9-20/h3-15,17H,2,16H2,1H3,(H,28,29). The number of halogens is 1. The van der Waals surface area contributed by atoms with E-state index < -0.39 is 0 Å². The Bertz CT molecular complexity index is 1190. The SMILES string of the molecule is CCOc1cc(C=NNc2nc(-c3ccccc3)cs2)ccc1OCc1cccc(Cl)c1. The molecule has 0 radical (unpaired) electrons. The summed E-state index contributed by atoms with van der Waals surface area (Å²) in [6.45, 7) is 2.88. The molecule has 1 aromatic heterocycles. The first-order valence-electron chi connectivity index (χ1n) is 10.2. The van der Waals surface area contributed by atoms with Gasteiger partial charge >= 0.3 is 0 Å². The van der Waals surface area contributed by atoms with Crippen LogP contribution in [0.4, 0.5) is 5.13 Å². The maximum absolute atomic E-state index is 6.05. The molecule has 0 atom stereocenters. The number of hydrazone groups is 1. The third-order valence-electron chi connectivity index (χ3n) is 4.50. The Balaban J connectivity index is 1.40. The lowest BCUT2D eigenvalue weighted by molar-refractivity contribution is 0.269. The van der Waals surface area contributed by atoms with E-state index in [-0.39, 0.29) is 0 Å². The van der Waals surface area contributed by atoms with Gasteiger partial charge in [-0.25, -0.2) is 4.98 Å². The summed E-state index contributed by atoms with van der Waals surface area (Å²) >= 11 is 7.56. The van der Waals surface area contributed by atoms with Crippen molar-refractivity contribution in [3.8, 4) is 22.8 Å². The van der Waals surface area contributed by atoms with Crippen molar-refractivity contribution in [3.63, 3.8) is 0 Å². The van der Waals surface area contributed by atoms with Gasteiger partial charge in [0.05, 0.1) is 18.5 Å². The van der Waals surface area contributed by atoms with Crippen molar-refractivity contribution in [2.75, 3.05) is 12.0 Å². The van der Waals surface area contributed by atoms with Gasteiger partial charge in [0.15, 0.2) is 11.5 Å². The second kappa shape index (κ2) is 10.8. The topological polar surface area (TPSA) is 55.7 Å². The number of ether oxygens (including phenoxy) is 2. The molecule has 0 bridgehead atoms. The van der Waals surface area contributed by atoms with Crippen molar-refractivity contribution in [1.82, 2.24) is 4.98 Å². The normalized spacial score (nSPS) is 10.9. The smallest absolute Gasteiger partial charge is 0.203 e. The predicted octanol–water partition coefficient (Wildman–Crippen LogP) is 6.89. The Morgan fingerprint density at radius 3 is 2.69 bits per heavy atom. The zero-order valence-corrected chi connectivity index (χ0v) is 19.1. The predicted molar refractivity (Wildman–Crippen MR) is 132 cm³/mol. The zero-order chi connectivity index (χ0) is 22.2. The lowest BCUT2D eigenvalue weighted by Gasteiger charge is -2.12. The molecule has 162 valence electrons. The second-order valence-electron chi connectivity index (χ2n) is 6.83. The molecule has 5 nitrogen and oxygen atoms in total. The van der Waals surface area contributed by atoms with Crippen LogP contribution in [0.15, 0.2) is 83.3 Å². The Hall–Kier alpha value is -3.35. The van der Waals surface area contributed by atoms with Crippen LogP contribution < -0.4 is 14.9 Å². The van der Waals surface area contributed by atoms with Gasteiger partial charge in [-0.2, -0.15) is 5.10 Å². The van der Waals surface area contributed by atoms with E-state index in [1.54, 1.807) is 6.21 Å². The first kappa shape index (κ1) is 21.9. The van der Waals surface area contributed by atoms with Crippen LogP contribution in [0.25, 0.3) is 11.3 Å². The molecule has 0 spiro atoms. The first-order valence-corrected chi connectivity index (χ1v) is 11.4. The van der Waals surface area contributed by atoms with E-state index in [0.717, 1.165) is 27.5 Å². The van der Waals surface area contributed by atoms with E-state index in [1.165, 1.54) is 11.3 Å². The number of hydrogen-bond donors (Lipinski definition) is 1. The van der Waals surface area contributed by atoms with Crippen molar-refractivity contribution < 1.29 is 9.47 Å². The van der Waals surface area contributed by atoms with Crippen molar-refractivity contribution in [1.29, 1.82) is 0 Å². The monoisotopic (exact) mass is 463 g/mol. The molecule has 1 N–H and O–H groups in total. The quantitative estimate of drug-likeness (QED) is 0.217. The summed E-state index contributed by atoms with van der Waals surface area (Å²) in [7, 11) is 0. The van der Waals surface area contributed by atoms with Crippen LogP contribution in [0.3, 0.4) is 0 Å². The van der Waals surface area contributed by atoms with Crippen LogP contribution >= 0.6 is 22.9 Å². The van der Waals surface area contributed by atoms with Gasteiger partial charge in [-0.1, -0.05) is 54.1 Å². The van der Waals surface area contributed by atoms with E-state index in [0.29, 0.717) is 29.7 Å². The number of thiazole rings is 1. The number of aromatic nitrogens is 1. The van der Waals surface area contributed by atoms with Gasteiger partial charge in [-0.3, -0.25) is 5.43 Å². The summed E-state index contributed by atoms with van der Waals surface area (Å²) in [5.41, 5.74) is 6.88. The Kier molecular flexibility index (Phi) is 7.38. The van der Waals surface area contributed by atoms with Gasteiger partial charge < -0.3 is 9.47 Å². The van der Waals surface area contributed by atoms with Crippen molar-refractivity contribution in [2.45, 2.75) is 13.5 Å². The summed E-state index contributed by atoms with van der Waals surface area (Å²) in [6, 6.07) is 23.4. The lowest BCUT2D eigenvalue weighted by atomic mass is 10.2. The number of benzene rings is 3. The van der Waals surface area contributed by atoms with Gasteiger partial charge in [0.2, 0.25) is 5.13 Å². The van der Waals surface area contributed by atoms with Crippen LogP contribution in [-0.2, 0) is 6.61 Å². The fourth-order valence-corrected chi connectivity index (χ4v) is 3.89.